The van der Waals surface area contributed by atoms with Crippen molar-refractivity contribution in [3.05, 3.63) is 82.9 Å². The number of rotatable bonds is 10. The van der Waals surface area contributed by atoms with E-state index in [9.17, 15) is 22.8 Å². The number of aryl methyl sites for hydroxylation is 1. The monoisotopic (exact) mass is 951 g/mol. The summed E-state index contributed by atoms with van der Waals surface area (Å²) in [7, 11) is -2.31. The SMILES string of the molecule is COc1ccc2c(O[C@@H]3C[C@H]4C(=O)N[C@]5(C(=O)NS(=O)(=O)C6CC6)C[C@H]5/C=C\CCCCC[C@H](NC(=O)N5CCC(c6ccccc6)CC5)C(=O)N4C3)cc(-c3nc(C(C)C)cs3)nc2c1C. The average molecular weight is 952 g/mol. The zero-order valence-corrected chi connectivity index (χ0v) is 40.3. The Labute approximate surface area is 396 Å². The second-order valence-electron chi connectivity index (χ2n) is 19.2. The molecule has 3 N–H and O–H groups in total. The highest BCUT2D eigenvalue weighted by atomic mass is 32.2. The summed E-state index contributed by atoms with van der Waals surface area (Å²) in [6.07, 6.45) is 9.31. The molecule has 9 rings (SSSR count). The van der Waals surface area contributed by atoms with Gasteiger partial charge in [0.15, 0.2) is 0 Å². The number of hydrogen-bond acceptors (Lipinski definition) is 11. The Morgan fingerprint density at radius 2 is 1.75 bits per heavy atom. The first-order valence-electron chi connectivity index (χ1n) is 23.8. The second-order valence-corrected chi connectivity index (χ2v) is 22.0. The fraction of sp³-hybridized carbons (Fsp3) is 0.520. The van der Waals surface area contributed by atoms with Gasteiger partial charge in [0.2, 0.25) is 21.8 Å². The van der Waals surface area contributed by atoms with Crippen LogP contribution < -0.4 is 24.8 Å². The molecule has 3 aliphatic heterocycles. The lowest BCUT2D eigenvalue weighted by atomic mass is 9.89. The smallest absolute Gasteiger partial charge is 0.318 e. The van der Waals surface area contributed by atoms with Crippen LogP contribution in [0, 0.1) is 12.8 Å². The van der Waals surface area contributed by atoms with Crippen molar-refractivity contribution in [3.8, 4) is 22.2 Å². The lowest BCUT2D eigenvalue weighted by Gasteiger charge is -2.34. The predicted molar refractivity (Wildman–Crippen MR) is 256 cm³/mol. The first-order valence-corrected chi connectivity index (χ1v) is 26.2. The van der Waals surface area contributed by atoms with E-state index in [4.69, 9.17) is 19.4 Å². The molecule has 67 heavy (non-hydrogen) atoms. The van der Waals surface area contributed by atoms with Crippen LogP contribution in [-0.4, -0.2) is 108 Å². The first kappa shape index (κ1) is 46.6. The maximum Gasteiger partial charge on any atom is 0.318 e. The van der Waals surface area contributed by atoms with Crippen molar-refractivity contribution in [2.45, 2.75) is 132 Å². The minimum Gasteiger partial charge on any atom is -0.496 e. The van der Waals surface area contributed by atoms with E-state index in [2.05, 4.69) is 41.3 Å². The lowest BCUT2D eigenvalue weighted by Crippen LogP contribution is -2.59. The van der Waals surface area contributed by atoms with Crippen LogP contribution in [0.25, 0.3) is 21.6 Å². The van der Waals surface area contributed by atoms with Gasteiger partial charge in [-0.2, -0.15) is 0 Å². The van der Waals surface area contributed by atoms with Gasteiger partial charge in [0.25, 0.3) is 5.91 Å². The number of ether oxygens (including phenoxy) is 2. The van der Waals surface area contributed by atoms with Gasteiger partial charge < -0.3 is 29.9 Å². The number of piperidine rings is 1. The number of urea groups is 1. The number of likely N-dealkylation sites (tertiary alicyclic amines) is 1. The summed E-state index contributed by atoms with van der Waals surface area (Å²) in [5.74, 6) is -0.526. The number of carbonyl (C=O) groups is 4. The molecule has 5 amide bonds. The van der Waals surface area contributed by atoms with Crippen LogP contribution in [0.2, 0.25) is 0 Å². The number of nitrogens with zero attached hydrogens (tertiary/aromatic N) is 4. The predicted octanol–water partition coefficient (Wildman–Crippen LogP) is 7.11. The van der Waals surface area contributed by atoms with Crippen molar-refractivity contribution in [1.29, 1.82) is 0 Å². The van der Waals surface area contributed by atoms with Gasteiger partial charge in [-0.3, -0.25) is 19.1 Å². The number of benzene rings is 2. The van der Waals surface area contributed by atoms with E-state index in [0.717, 1.165) is 41.9 Å². The molecule has 4 fully saturated rings. The molecule has 5 atom stereocenters. The van der Waals surface area contributed by atoms with Gasteiger partial charge in [-0.25, -0.2) is 23.2 Å². The van der Waals surface area contributed by atoms with Crippen molar-refractivity contribution in [2.75, 3.05) is 26.7 Å². The van der Waals surface area contributed by atoms with E-state index in [0.29, 0.717) is 79.2 Å². The molecule has 5 aliphatic rings. The minimum absolute atomic E-state index is 0.00732. The zero-order chi connectivity index (χ0) is 47.0. The van der Waals surface area contributed by atoms with E-state index < -0.39 is 62.6 Å². The van der Waals surface area contributed by atoms with Crippen LogP contribution in [0.1, 0.15) is 113 Å². The maximum absolute atomic E-state index is 15.1. The summed E-state index contributed by atoms with van der Waals surface area (Å²) in [4.78, 5) is 71.2. The molecule has 0 radical (unpaired) electrons. The Kier molecular flexibility index (Phi) is 13.4. The van der Waals surface area contributed by atoms with Crippen LogP contribution in [0.3, 0.4) is 0 Å². The van der Waals surface area contributed by atoms with Crippen LogP contribution in [-0.2, 0) is 24.4 Å². The number of fused-ring (bicyclic) bond motifs is 3. The second kappa shape index (κ2) is 19.2. The summed E-state index contributed by atoms with van der Waals surface area (Å²) in [5.41, 5.74) is 2.75. The number of pyridine rings is 1. The Balaban J connectivity index is 1.03. The van der Waals surface area contributed by atoms with E-state index in [1.807, 2.05) is 60.9 Å². The van der Waals surface area contributed by atoms with E-state index in [1.54, 1.807) is 12.0 Å². The molecule has 2 aromatic heterocycles. The molecule has 2 aliphatic carbocycles. The van der Waals surface area contributed by atoms with Crippen molar-refractivity contribution in [3.63, 3.8) is 0 Å². The summed E-state index contributed by atoms with van der Waals surface area (Å²) in [6.45, 7) is 7.19. The van der Waals surface area contributed by atoms with Gasteiger partial charge in [-0.05, 0) is 87.8 Å². The number of thiazole rings is 1. The summed E-state index contributed by atoms with van der Waals surface area (Å²) >= 11 is 1.49. The van der Waals surface area contributed by atoms with Crippen LogP contribution in [0.4, 0.5) is 4.79 Å². The third-order valence-corrected chi connectivity index (χ3v) is 16.9. The third kappa shape index (κ3) is 9.90. The van der Waals surface area contributed by atoms with Gasteiger partial charge in [0.05, 0.1) is 30.1 Å². The summed E-state index contributed by atoms with van der Waals surface area (Å²) in [6, 6.07) is 13.5. The highest BCUT2D eigenvalue weighted by Gasteiger charge is 2.62. The Morgan fingerprint density at radius 3 is 2.46 bits per heavy atom. The molecular formula is C50H61N7O8S2. The van der Waals surface area contributed by atoms with Gasteiger partial charge in [0.1, 0.15) is 45.9 Å². The van der Waals surface area contributed by atoms with Gasteiger partial charge in [0, 0.05) is 47.8 Å². The Morgan fingerprint density at radius 1 is 0.970 bits per heavy atom. The van der Waals surface area contributed by atoms with Crippen LogP contribution in [0.5, 0.6) is 11.5 Å². The molecule has 2 saturated carbocycles. The van der Waals surface area contributed by atoms with E-state index >= 15 is 4.79 Å². The van der Waals surface area contributed by atoms with Gasteiger partial charge in [-0.1, -0.05) is 69.2 Å². The van der Waals surface area contributed by atoms with Crippen molar-refractivity contribution in [1.82, 2.24) is 35.1 Å². The number of hydrogen-bond donors (Lipinski definition) is 3. The standard InChI is InChI=1S/C50H61N7O8S2/c1-30(2)40-29-66-46(52-40)39-26-43(37-19-20-42(64-4)31(3)44(37)51-39)65-35-25-41-45(58)54-50(48(60)55-67(62,63)36-17-18-36)27-34(50)15-11-6-5-7-12-16-38(47(59)57(41)28-35)53-49(61)56-23-21-33(22-24-56)32-13-9-8-10-14-32/h8-11,13-15,19-20,26,29-30,33-36,38,41H,5-7,12,16-18,21-25,27-28H2,1-4H3,(H,53,61)(H,54,58)(H,55,60)/b15-11-/t34-,35-,38+,41+,50-/m1/s1. The Hall–Kier alpha value is -5.55. The number of aromatic nitrogens is 2. The number of allylic oxidation sites excluding steroid dienone is 1. The van der Waals surface area contributed by atoms with Crippen molar-refractivity contribution in [2.24, 2.45) is 5.92 Å². The number of sulfonamides is 1. The number of amides is 5. The van der Waals surface area contributed by atoms with Crippen LogP contribution in [0.15, 0.2) is 66.1 Å². The summed E-state index contributed by atoms with van der Waals surface area (Å²) in [5, 5.41) is 8.88. The molecule has 5 heterocycles. The molecule has 0 unspecified atom stereocenters. The fourth-order valence-corrected chi connectivity index (χ4v) is 12.2. The maximum atomic E-state index is 15.1. The molecule has 0 spiro atoms. The zero-order valence-electron chi connectivity index (χ0n) is 38.7. The van der Waals surface area contributed by atoms with Crippen LogP contribution >= 0.6 is 11.3 Å². The van der Waals surface area contributed by atoms with Gasteiger partial charge >= 0.3 is 6.03 Å². The first-order chi connectivity index (χ1) is 32.2. The molecule has 356 valence electrons. The number of carbonyl (C=O) groups excluding carboxylic acids is 4. The largest absolute Gasteiger partial charge is 0.496 e. The van der Waals surface area contributed by atoms with Crippen molar-refractivity contribution < 1.29 is 37.1 Å². The van der Waals surface area contributed by atoms with Gasteiger partial charge in [-0.15, -0.1) is 11.3 Å². The third-order valence-electron chi connectivity index (χ3n) is 14.2. The molecule has 0 bridgehead atoms. The fourth-order valence-electron chi connectivity index (χ4n) is 9.88. The normalized spacial score (nSPS) is 25.6. The molecule has 17 heteroatoms. The van der Waals surface area contributed by atoms with E-state index in [-0.39, 0.29) is 31.3 Å². The number of nitrogens with one attached hydrogen (secondary N) is 3. The van der Waals surface area contributed by atoms with Crippen molar-refractivity contribution >= 4 is 56.0 Å². The quantitative estimate of drug-likeness (QED) is 0.138. The highest BCUT2D eigenvalue weighted by molar-refractivity contribution is 7.91. The highest BCUT2D eigenvalue weighted by Crippen LogP contribution is 2.46. The average Bonchev–Trinajstić information content (AvgIpc) is 4.20. The number of methoxy groups -OCH3 is 1. The minimum atomic E-state index is -3.92. The molecule has 4 aromatic rings. The topological polar surface area (TPSA) is 189 Å². The lowest BCUT2D eigenvalue weighted by molar-refractivity contribution is -0.141. The molecule has 2 saturated heterocycles. The summed E-state index contributed by atoms with van der Waals surface area (Å²) < 4.78 is 41.0. The molecular weight excluding hydrogens is 891 g/mol. The Bertz CT molecular complexity index is 2660. The molecule has 2 aromatic carbocycles. The van der Waals surface area contributed by atoms with E-state index in [1.165, 1.54) is 21.8 Å². The molecule has 15 nitrogen and oxygen atoms in total.